The van der Waals surface area contributed by atoms with Crippen molar-refractivity contribution in [3.63, 3.8) is 0 Å². The Kier molecular flexibility index (Phi) is 7.76. The minimum Gasteiger partial charge on any atom is -0.453 e. The fraction of sp³-hybridized carbons (Fsp3) is 0.415. The first-order chi connectivity index (χ1) is 24.8. The molecule has 1 spiro atoms. The highest BCUT2D eigenvalue weighted by molar-refractivity contribution is 5.91. The summed E-state index contributed by atoms with van der Waals surface area (Å²) in [5, 5.41) is 8.81. The van der Waals surface area contributed by atoms with Crippen molar-refractivity contribution in [2.75, 3.05) is 13.7 Å². The highest BCUT2D eigenvalue weighted by atomic mass is 16.5. The standard InChI is InChI=1S/C41H45N7O3/c1-23(2)35(47-40(50)51-3)39(49)48-22-41(14-15-41)19-34(48)37-42-21-33(45-37)29-11-10-27-16-26(8-9-28(27)17-29)24-4-6-25(7-5-24)32-20-43-38(46-32)36-30-12-13-31(18-30)44-36/h4-11,16-17,20-21,23,30-31,34-36,44H,12-15,18-19,22H2,1-3H3,(H,42,45)(H,43,46)(H,47,50). The number of imidazole rings is 2. The van der Waals surface area contributed by atoms with Crippen molar-refractivity contribution in [1.29, 1.82) is 0 Å². The van der Waals surface area contributed by atoms with Crippen LogP contribution in [0.3, 0.4) is 0 Å². The van der Waals surface area contributed by atoms with E-state index in [2.05, 4.69) is 81.3 Å². The summed E-state index contributed by atoms with van der Waals surface area (Å²) >= 11 is 0. The maximum atomic E-state index is 13.8. The molecule has 2 bridgehead atoms. The molecule has 2 aliphatic carbocycles. The molecular formula is C41H45N7O3. The summed E-state index contributed by atoms with van der Waals surface area (Å²) in [6.07, 6.45) is 10.2. The van der Waals surface area contributed by atoms with Gasteiger partial charge in [-0.05, 0) is 95.4 Å². The largest absolute Gasteiger partial charge is 0.453 e. The highest BCUT2D eigenvalue weighted by Gasteiger charge is 2.55. The first kappa shape index (κ1) is 32.0. The smallest absolute Gasteiger partial charge is 0.407 e. The monoisotopic (exact) mass is 683 g/mol. The van der Waals surface area contributed by atoms with Crippen molar-refractivity contribution in [2.45, 2.75) is 76.5 Å². The number of hydrogen-bond acceptors (Lipinski definition) is 6. The van der Waals surface area contributed by atoms with Crippen LogP contribution in [-0.4, -0.2) is 62.6 Å². The van der Waals surface area contributed by atoms with Crippen molar-refractivity contribution < 1.29 is 14.3 Å². The average molecular weight is 684 g/mol. The molecule has 2 aliphatic heterocycles. The lowest BCUT2D eigenvalue weighted by molar-refractivity contribution is -0.135. The molecule has 262 valence electrons. The number of H-pyrrole nitrogens is 2. The quantitative estimate of drug-likeness (QED) is 0.134. The van der Waals surface area contributed by atoms with E-state index in [0.29, 0.717) is 24.5 Å². The van der Waals surface area contributed by atoms with E-state index in [1.165, 1.54) is 37.5 Å². The van der Waals surface area contributed by atoms with Gasteiger partial charge in [-0.15, -0.1) is 0 Å². The van der Waals surface area contributed by atoms with Crippen LogP contribution in [-0.2, 0) is 9.53 Å². The second kappa shape index (κ2) is 12.4. The minimum absolute atomic E-state index is 0.0813. The van der Waals surface area contributed by atoms with Gasteiger partial charge in [-0.25, -0.2) is 14.8 Å². The predicted octanol–water partition coefficient (Wildman–Crippen LogP) is 7.53. The molecule has 0 radical (unpaired) electrons. The van der Waals surface area contributed by atoms with Crippen molar-refractivity contribution in [3.05, 3.63) is 84.7 Å². The number of carbonyl (C=O) groups is 2. The van der Waals surface area contributed by atoms with Crippen LogP contribution < -0.4 is 10.6 Å². The third-order valence-corrected chi connectivity index (χ3v) is 12.0. The second-order valence-corrected chi connectivity index (χ2v) is 15.7. The lowest BCUT2D eigenvalue weighted by Crippen LogP contribution is -2.51. The molecule has 3 aromatic carbocycles. The highest BCUT2D eigenvalue weighted by Crippen LogP contribution is 2.58. The van der Waals surface area contributed by atoms with Gasteiger partial charge >= 0.3 is 6.09 Å². The van der Waals surface area contributed by atoms with Crippen LogP contribution in [0, 0.1) is 17.3 Å². The van der Waals surface area contributed by atoms with Gasteiger partial charge in [0.1, 0.15) is 17.7 Å². The van der Waals surface area contributed by atoms with Gasteiger partial charge in [0.05, 0.1) is 43.0 Å². The molecule has 4 N–H and O–H groups in total. The summed E-state index contributed by atoms with van der Waals surface area (Å²) in [5.74, 6) is 2.39. The SMILES string of the molecule is COC(=O)NC(C(=O)N1CC2(CC2)CC1c1ncc(-c2ccc3cc(-c4ccc(-c5cnc(C6NC7CCC6C7)[nH]5)cc4)ccc3c2)[nH]1)C(C)C. The van der Waals surface area contributed by atoms with E-state index in [-0.39, 0.29) is 23.3 Å². The van der Waals surface area contributed by atoms with Crippen molar-refractivity contribution in [3.8, 4) is 33.6 Å². The van der Waals surface area contributed by atoms with Crippen LogP contribution in [0.5, 0.6) is 0 Å². The van der Waals surface area contributed by atoms with Gasteiger partial charge in [0.2, 0.25) is 5.91 Å². The number of aromatic amines is 2. The zero-order valence-corrected chi connectivity index (χ0v) is 29.4. The van der Waals surface area contributed by atoms with E-state index in [4.69, 9.17) is 14.7 Å². The molecule has 2 saturated heterocycles. The molecule has 2 amide bonds. The number of likely N-dealkylation sites (tertiary alicyclic amines) is 1. The Morgan fingerprint density at radius 2 is 1.51 bits per heavy atom. The molecular weight excluding hydrogens is 638 g/mol. The van der Waals surface area contributed by atoms with Crippen LogP contribution in [0.25, 0.3) is 44.4 Å². The van der Waals surface area contributed by atoms with Gasteiger partial charge in [0, 0.05) is 18.2 Å². The molecule has 2 saturated carbocycles. The first-order valence-corrected chi connectivity index (χ1v) is 18.4. The number of hydrogen-bond donors (Lipinski definition) is 4. The molecule has 5 unspecified atom stereocenters. The second-order valence-electron chi connectivity index (χ2n) is 15.7. The molecule has 4 heterocycles. The van der Waals surface area contributed by atoms with Crippen LogP contribution in [0.2, 0.25) is 0 Å². The fourth-order valence-corrected chi connectivity index (χ4v) is 8.84. The van der Waals surface area contributed by atoms with Crippen LogP contribution in [0.1, 0.15) is 76.1 Å². The Labute approximate surface area is 297 Å². The molecule has 4 aliphatic rings. The summed E-state index contributed by atoms with van der Waals surface area (Å²) < 4.78 is 4.82. The number of aromatic nitrogens is 4. The van der Waals surface area contributed by atoms with Crippen molar-refractivity contribution in [2.24, 2.45) is 17.3 Å². The number of benzene rings is 3. The summed E-state index contributed by atoms with van der Waals surface area (Å²) in [6.45, 7) is 4.56. The topological polar surface area (TPSA) is 128 Å². The fourth-order valence-electron chi connectivity index (χ4n) is 8.84. The third kappa shape index (κ3) is 5.89. The predicted molar refractivity (Wildman–Crippen MR) is 196 cm³/mol. The Balaban J connectivity index is 0.912. The first-order valence-electron chi connectivity index (χ1n) is 18.4. The van der Waals surface area contributed by atoms with E-state index in [1.807, 2.05) is 31.1 Å². The number of methoxy groups -OCH3 is 1. The van der Waals surface area contributed by atoms with Gasteiger partial charge in [-0.2, -0.15) is 0 Å². The van der Waals surface area contributed by atoms with Crippen molar-refractivity contribution >= 4 is 22.8 Å². The Hall–Kier alpha value is -4.96. The zero-order valence-electron chi connectivity index (χ0n) is 29.4. The molecule has 5 atom stereocenters. The molecule has 5 aromatic rings. The Morgan fingerprint density at radius 1 is 0.863 bits per heavy atom. The maximum absolute atomic E-state index is 13.8. The number of carbonyl (C=O) groups excluding carboxylic acids is 2. The van der Waals surface area contributed by atoms with E-state index in [0.717, 1.165) is 64.2 Å². The zero-order chi connectivity index (χ0) is 34.9. The number of ether oxygens (including phenoxy) is 1. The summed E-state index contributed by atoms with van der Waals surface area (Å²) in [7, 11) is 1.32. The van der Waals surface area contributed by atoms with Crippen LogP contribution in [0.15, 0.2) is 73.1 Å². The summed E-state index contributed by atoms with van der Waals surface area (Å²) in [5.41, 5.74) is 6.65. The van der Waals surface area contributed by atoms with Crippen LogP contribution in [0.4, 0.5) is 4.79 Å². The van der Waals surface area contributed by atoms with Crippen LogP contribution >= 0.6 is 0 Å². The van der Waals surface area contributed by atoms with E-state index in [1.54, 1.807) is 0 Å². The lowest BCUT2D eigenvalue weighted by Gasteiger charge is -2.30. The number of rotatable bonds is 8. The molecule has 10 heteroatoms. The number of alkyl carbamates (subject to hydrolysis) is 1. The number of amides is 2. The molecule has 2 aromatic heterocycles. The lowest BCUT2D eigenvalue weighted by atomic mass is 9.98. The molecule has 9 rings (SSSR count). The van der Waals surface area contributed by atoms with Gasteiger partial charge in [0.15, 0.2) is 0 Å². The minimum atomic E-state index is -0.662. The summed E-state index contributed by atoms with van der Waals surface area (Å²) in [6, 6.07) is 22.0. The van der Waals surface area contributed by atoms with Gasteiger partial charge < -0.3 is 30.2 Å². The van der Waals surface area contributed by atoms with Gasteiger partial charge in [-0.3, -0.25) is 4.79 Å². The molecule has 4 fully saturated rings. The van der Waals surface area contributed by atoms with E-state index >= 15 is 0 Å². The molecule has 10 nitrogen and oxygen atoms in total. The normalized spacial score (nSPS) is 23.7. The van der Waals surface area contributed by atoms with Crippen molar-refractivity contribution in [1.82, 2.24) is 35.5 Å². The third-order valence-electron chi connectivity index (χ3n) is 12.0. The van der Waals surface area contributed by atoms with E-state index in [9.17, 15) is 9.59 Å². The Bertz CT molecular complexity index is 2110. The van der Waals surface area contributed by atoms with Gasteiger partial charge in [-0.1, -0.05) is 62.4 Å². The number of fused-ring (bicyclic) bond motifs is 3. The van der Waals surface area contributed by atoms with Gasteiger partial charge in [0.25, 0.3) is 0 Å². The van der Waals surface area contributed by atoms with E-state index < -0.39 is 12.1 Å². The number of nitrogens with one attached hydrogen (secondary N) is 4. The number of piperidine rings is 1. The maximum Gasteiger partial charge on any atom is 0.407 e. The average Bonchev–Trinajstić information content (AvgIpc) is 3.79. The summed E-state index contributed by atoms with van der Waals surface area (Å²) in [4.78, 5) is 44.5. The Morgan fingerprint density at radius 3 is 2.18 bits per heavy atom. The molecule has 51 heavy (non-hydrogen) atoms. The number of nitrogens with zero attached hydrogens (tertiary/aromatic N) is 3.